The highest BCUT2D eigenvalue weighted by molar-refractivity contribution is 6.31. The summed E-state index contributed by atoms with van der Waals surface area (Å²) in [7, 11) is 4.24. The zero-order valence-electron chi connectivity index (χ0n) is 11.6. The number of likely N-dealkylation sites (tertiary alicyclic amines) is 1. The van der Waals surface area contributed by atoms with Gasteiger partial charge in [0.25, 0.3) is 0 Å². The molecule has 100 valence electrons. The molecule has 4 nitrogen and oxygen atoms in total. The van der Waals surface area contributed by atoms with E-state index in [0.29, 0.717) is 11.2 Å². The van der Waals surface area contributed by atoms with Gasteiger partial charge >= 0.3 is 0 Å². The van der Waals surface area contributed by atoms with Crippen molar-refractivity contribution in [1.82, 2.24) is 14.9 Å². The van der Waals surface area contributed by atoms with Crippen molar-refractivity contribution < 1.29 is 0 Å². The molecule has 0 saturated carbocycles. The van der Waals surface area contributed by atoms with Crippen LogP contribution in [0.3, 0.4) is 0 Å². The Balaban J connectivity index is 2.18. The van der Waals surface area contributed by atoms with Gasteiger partial charge in [-0.1, -0.05) is 11.6 Å². The summed E-state index contributed by atoms with van der Waals surface area (Å²) in [5.74, 6) is 0.814. The largest absolute Gasteiger partial charge is 0.354 e. The molecule has 0 atom stereocenters. The van der Waals surface area contributed by atoms with Crippen molar-refractivity contribution in [1.29, 1.82) is 0 Å². The number of halogens is 1. The molecule has 0 amide bonds. The molecule has 1 aromatic heterocycles. The van der Waals surface area contributed by atoms with E-state index in [-0.39, 0.29) is 0 Å². The van der Waals surface area contributed by atoms with Gasteiger partial charge < -0.3 is 9.80 Å². The van der Waals surface area contributed by atoms with Crippen LogP contribution < -0.4 is 4.90 Å². The second kappa shape index (κ2) is 5.41. The molecule has 1 saturated heterocycles. The maximum absolute atomic E-state index is 6.22. The lowest BCUT2D eigenvalue weighted by Crippen LogP contribution is -2.42. The van der Waals surface area contributed by atoms with E-state index < -0.39 is 0 Å². The summed E-state index contributed by atoms with van der Waals surface area (Å²) < 4.78 is 0. The molecular formula is C13H21ClN4. The second-order valence-corrected chi connectivity index (χ2v) is 5.51. The minimum absolute atomic E-state index is 0.509. The van der Waals surface area contributed by atoms with E-state index in [1.807, 2.05) is 13.8 Å². The Morgan fingerprint density at radius 3 is 2.33 bits per heavy atom. The number of nitrogens with zero attached hydrogens (tertiary/aromatic N) is 4. The fourth-order valence-corrected chi connectivity index (χ4v) is 2.65. The summed E-state index contributed by atoms with van der Waals surface area (Å²) in [6.07, 6.45) is 2.30. The summed E-state index contributed by atoms with van der Waals surface area (Å²) in [6, 6.07) is 0.509. The van der Waals surface area contributed by atoms with E-state index in [9.17, 15) is 0 Å². The minimum atomic E-state index is 0.509. The molecular weight excluding hydrogens is 248 g/mol. The van der Waals surface area contributed by atoms with Gasteiger partial charge in [-0.2, -0.15) is 0 Å². The van der Waals surface area contributed by atoms with Crippen LogP contribution in [0.25, 0.3) is 0 Å². The number of rotatable bonds is 2. The Kier molecular flexibility index (Phi) is 4.07. The molecule has 0 bridgehead atoms. The standard InChI is InChI=1S/C13H21ClN4/c1-9-10(2)16-13(12(14)15-9)18(4)11-5-7-17(3)8-6-11/h11H,5-8H2,1-4H3. The molecule has 0 aromatic carbocycles. The summed E-state index contributed by atoms with van der Waals surface area (Å²) in [4.78, 5) is 13.5. The summed E-state index contributed by atoms with van der Waals surface area (Å²) in [6.45, 7) is 6.17. The van der Waals surface area contributed by atoms with Crippen molar-refractivity contribution in [2.45, 2.75) is 32.7 Å². The first-order valence-electron chi connectivity index (χ1n) is 6.41. The number of hydrogen-bond acceptors (Lipinski definition) is 4. The molecule has 1 aliphatic rings. The molecule has 1 aromatic rings. The minimum Gasteiger partial charge on any atom is -0.354 e. The van der Waals surface area contributed by atoms with E-state index in [0.717, 1.165) is 43.1 Å². The van der Waals surface area contributed by atoms with Crippen LogP contribution in [0, 0.1) is 13.8 Å². The predicted molar refractivity (Wildman–Crippen MR) is 75.4 cm³/mol. The number of piperidine rings is 1. The molecule has 2 rings (SSSR count). The van der Waals surface area contributed by atoms with Crippen molar-refractivity contribution in [2.24, 2.45) is 0 Å². The van der Waals surface area contributed by atoms with Crippen LogP contribution >= 0.6 is 11.6 Å². The highest BCUT2D eigenvalue weighted by Crippen LogP contribution is 2.26. The zero-order valence-corrected chi connectivity index (χ0v) is 12.3. The maximum atomic E-state index is 6.22. The highest BCUT2D eigenvalue weighted by Gasteiger charge is 2.23. The van der Waals surface area contributed by atoms with Crippen molar-refractivity contribution in [2.75, 3.05) is 32.1 Å². The van der Waals surface area contributed by atoms with Gasteiger partial charge in [0, 0.05) is 13.1 Å². The monoisotopic (exact) mass is 268 g/mol. The summed E-state index contributed by atoms with van der Waals surface area (Å²) >= 11 is 6.22. The first kappa shape index (κ1) is 13.6. The molecule has 0 N–H and O–H groups in total. The third-order valence-electron chi connectivity index (χ3n) is 3.82. The lowest BCUT2D eigenvalue weighted by molar-refractivity contribution is 0.252. The van der Waals surface area contributed by atoms with Gasteiger partial charge in [-0.3, -0.25) is 0 Å². The smallest absolute Gasteiger partial charge is 0.171 e. The van der Waals surface area contributed by atoms with Crippen LogP contribution in [0.2, 0.25) is 5.15 Å². The van der Waals surface area contributed by atoms with Gasteiger partial charge in [-0.25, -0.2) is 9.97 Å². The maximum Gasteiger partial charge on any atom is 0.171 e. The molecule has 2 heterocycles. The van der Waals surface area contributed by atoms with Crippen molar-refractivity contribution in [3.05, 3.63) is 16.5 Å². The predicted octanol–water partition coefficient (Wildman–Crippen LogP) is 2.28. The van der Waals surface area contributed by atoms with Gasteiger partial charge in [0.1, 0.15) is 0 Å². The third-order valence-corrected chi connectivity index (χ3v) is 4.07. The van der Waals surface area contributed by atoms with Gasteiger partial charge in [-0.05, 0) is 46.8 Å². The number of hydrogen-bond donors (Lipinski definition) is 0. The quantitative estimate of drug-likeness (QED) is 0.824. The molecule has 0 unspecified atom stereocenters. The number of aryl methyl sites for hydroxylation is 2. The Labute approximate surface area is 114 Å². The SMILES string of the molecule is Cc1nc(Cl)c(N(C)C2CCN(C)CC2)nc1C. The second-order valence-electron chi connectivity index (χ2n) is 5.15. The molecule has 0 spiro atoms. The Morgan fingerprint density at radius 1 is 1.17 bits per heavy atom. The van der Waals surface area contributed by atoms with Crippen molar-refractivity contribution in [3.63, 3.8) is 0 Å². The van der Waals surface area contributed by atoms with Gasteiger partial charge in [-0.15, -0.1) is 0 Å². The Hall–Kier alpha value is -0.870. The third kappa shape index (κ3) is 2.75. The first-order chi connectivity index (χ1) is 8.49. The molecule has 18 heavy (non-hydrogen) atoms. The topological polar surface area (TPSA) is 32.3 Å². The van der Waals surface area contributed by atoms with Gasteiger partial charge in [0.2, 0.25) is 0 Å². The fraction of sp³-hybridized carbons (Fsp3) is 0.692. The fourth-order valence-electron chi connectivity index (χ4n) is 2.34. The average molecular weight is 269 g/mol. The molecule has 1 aliphatic heterocycles. The average Bonchev–Trinajstić information content (AvgIpc) is 2.34. The zero-order chi connectivity index (χ0) is 13.3. The number of aromatic nitrogens is 2. The van der Waals surface area contributed by atoms with Crippen LogP contribution in [0.1, 0.15) is 24.2 Å². The summed E-state index contributed by atoms with van der Waals surface area (Å²) in [5.41, 5.74) is 1.86. The number of anilines is 1. The molecule has 0 radical (unpaired) electrons. The van der Waals surface area contributed by atoms with Crippen molar-refractivity contribution >= 4 is 17.4 Å². The van der Waals surface area contributed by atoms with Gasteiger partial charge in [0.15, 0.2) is 11.0 Å². The van der Waals surface area contributed by atoms with E-state index >= 15 is 0 Å². The van der Waals surface area contributed by atoms with E-state index in [2.05, 4.69) is 33.9 Å². The van der Waals surface area contributed by atoms with E-state index in [1.54, 1.807) is 0 Å². The van der Waals surface area contributed by atoms with Crippen LogP contribution in [-0.2, 0) is 0 Å². The highest BCUT2D eigenvalue weighted by atomic mass is 35.5. The molecule has 0 aliphatic carbocycles. The van der Waals surface area contributed by atoms with Crippen LogP contribution in [-0.4, -0.2) is 48.1 Å². The van der Waals surface area contributed by atoms with Crippen LogP contribution in [0.15, 0.2) is 0 Å². The molecule has 5 heteroatoms. The summed E-state index contributed by atoms with van der Waals surface area (Å²) in [5, 5.41) is 0.513. The Bertz CT molecular complexity index is 427. The van der Waals surface area contributed by atoms with Gasteiger partial charge in [0.05, 0.1) is 11.4 Å². The normalized spacial score (nSPS) is 18.1. The first-order valence-corrected chi connectivity index (χ1v) is 6.79. The van der Waals surface area contributed by atoms with Crippen LogP contribution in [0.4, 0.5) is 5.82 Å². The van der Waals surface area contributed by atoms with E-state index in [4.69, 9.17) is 11.6 Å². The van der Waals surface area contributed by atoms with Crippen molar-refractivity contribution in [3.8, 4) is 0 Å². The Morgan fingerprint density at radius 2 is 1.72 bits per heavy atom. The van der Waals surface area contributed by atoms with Crippen LogP contribution in [0.5, 0.6) is 0 Å². The molecule has 1 fully saturated rings. The van der Waals surface area contributed by atoms with E-state index in [1.165, 1.54) is 0 Å². The lowest BCUT2D eigenvalue weighted by Gasteiger charge is -2.36. The lowest BCUT2D eigenvalue weighted by atomic mass is 10.0.